The van der Waals surface area contributed by atoms with Crippen LogP contribution in [0.4, 0.5) is 5.82 Å². The molecule has 0 aliphatic heterocycles. The molecule has 1 aliphatic carbocycles. The highest BCUT2D eigenvalue weighted by atomic mass is 32.2. The number of hydrogen-bond donors (Lipinski definition) is 2. The molecule has 1 aliphatic rings. The van der Waals surface area contributed by atoms with E-state index in [1.807, 2.05) is 0 Å². The van der Waals surface area contributed by atoms with Crippen LogP contribution in [0.5, 0.6) is 0 Å². The monoisotopic (exact) mass is 274 g/mol. The van der Waals surface area contributed by atoms with Crippen molar-refractivity contribution in [1.29, 1.82) is 0 Å². The van der Waals surface area contributed by atoms with Crippen LogP contribution >= 0.6 is 0 Å². The van der Waals surface area contributed by atoms with Gasteiger partial charge in [-0.05, 0) is 12.8 Å². The van der Waals surface area contributed by atoms with Crippen molar-refractivity contribution >= 4 is 15.8 Å². The average Bonchev–Trinajstić information content (AvgIpc) is 3.06. The Morgan fingerprint density at radius 1 is 1.22 bits per heavy atom. The second kappa shape index (κ2) is 3.95. The Labute approximate surface area is 103 Å². The Bertz CT molecular complexity index is 711. The molecule has 1 fully saturated rings. The third-order valence-electron chi connectivity index (χ3n) is 2.83. The van der Waals surface area contributed by atoms with Crippen LogP contribution in [0.3, 0.4) is 0 Å². The van der Waals surface area contributed by atoms with Gasteiger partial charge in [0.15, 0.2) is 4.90 Å². The Morgan fingerprint density at radius 3 is 2.28 bits per heavy atom. The first-order chi connectivity index (χ1) is 8.25. The molecule has 0 amide bonds. The molecule has 0 unspecified atom stereocenters. The Balaban J connectivity index is 2.71. The maximum absolute atomic E-state index is 12.0. The largest absolute Gasteiger partial charge is 0.384 e. The number of anilines is 1. The number of aromatic nitrogens is 2. The van der Waals surface area contributed by atoms with Gasteiger partial charge < -0.3 is 5.73 Å². The summed E-state index contributed by atoms with van der Waals surface area (Å²) in [5, 5.41) is 0. The van der Waals surface area contributed by atoms with E-state index in [0.29, 0.717) is 0 Å². The number of nitrogens with one attached hydrogen (secondary N) is 1. The van der Waals surface area contributed by atoms with Crippen LogP contribution in [0, 0.1) is 0 Å². The van der Waals surface area contributed by atoms with E-state index in [9.17, 15) is 18.0 Å². The topological polar surface area (TPSA) is 116 Å². The van der Waals surface area contributed by atoms with Crippen LogP contribution in [0.1, 0.15) is 12.8 Å². The van der Waals surface area contributed by atoms with Crippen LogP contribution in [0.25, 0.3) is 0 Å². The fraction of sp³-hybridized carbons (Fsp3) is 0.556. The lowest BCUT2D eigenvalue weighted by atomic mass is 10.5. The molecule has 2 rings (SSSR count). The minimum Gasteiger partial charge on any atom is -0.384 e. The molecule has 0 saturated heterocycles. The molecule has 1 saturated carbocycles. The first-order valence-corrected chi connectivity index (χ1v) is 6.82. The fourth-order valence-corrected chi connectivity index (χ4v) is 3.13. The van der Waals surface area contributed by atoms with Crippen LogP contribution < -0.4 is 21.7 Å². The predicted molar refractivity (Wildman–Crippen MR) is 64.7 cm³/mol. The SMILES string of the molecule is Cn1c(N)c(S(=O)(=O)NC2CC2)c(=O)n(C)c1=O. The van der Waals surface area contributed by atoms with E-state index in [-0.39, 0.29) is 11.9 Å². The summed E-state index contributed by atoms with van der Waals surface area (Å²) in [7, 11) is -1.47. The molecule has 1 aromatic heterocycles. The van der Waals surface area contributed by atoms with Crippen LogP contribution in [-0.4, -0.2) is 23.6 Å². The van der Waals surface area contributed by atoms with Gasteiger partial charge in [0.05, 0.1) is 0 Å². The lowest BCUT2D eigenvalue weighted by Crippen LogP contribution is -2.43. The van der Waals surface area contributed by atoms with Gasteiger partial charge in [0, 0.05) is 20.1 Å². The summed E-state index contributed by atoms with van der Waals surface area (Å²) in [5.74, 6) is -0.351. The van der Waals surface area contributed by atoms with Gasteiger partial charge >= 0.3 is 5.69 Å². The van der Waals surface area contributed by atoms with Gasteiger partial charge in [-0.3, -0.25) is 13.9 Å². The van der Waals surface area contributed by atoms with E-state index >= 15 is 0 Å². The van der Waals surface area contributed by atoms with Crippen molar-refractivity contribution in [2.75, 3.05) is 5.73 Å². The summed E-state index contributed by atoms with van der Waals surface area (Å²) in [6.07, 6.45) is 1.48. The van der Waals surface area contributed by atoms with Crippen molar-refractivity contribution in [3.63, 3.8) is 0 Å². The van der Waals surface area contributed by atoms with Gasteiger partial charge in [-0.1, -0.05) is 0 Å². The fourth-order valence-electron chi connectivity index (χ4n) is 1.56. The molecule has 18 heavy (non-hydrogen) atoms. The second-order valence-electron chi connectivity index (χ2n) is 4.32. The second-order valence-corrected chi connectivity index (χ2v) is 5.97. The molecule has 0 radical (unpaired) electrons. The first-order valence-electron chi connectivity index (χ1n) is 5.33. The number of nitrogen functional groups attached to an aromatic ring is 1. The Morgan fingerprint density at radius 2 is 1.78 bits per heavy atom. The third-order valence-corrected chi connectivity index (χ3v) is 4.40. The predicted octanol–water partition coefficient (Wildman–Crippen LogP) is -1.89. The van der Waals surface area contributed by atoms with Crippen LogP contribution in [0.15, 0.2) is 14.5 Å². The maximum atomic E-state index is 12.0. The van der Waals surface area contributed by atoms with E-state index < -0.39 is 26.2 Å². The molecule has 0 aromatic carbocycles. The molecular formula is C9H14N4O4S. The van der Waals surface area contributed by atoms with Crippen LogP contribution in [-0.2, 0) is 24.1 Å². The van der Waals surface area contributed by atoms with Crippen molar-refractivity contribution in [3.8, 4) is 0 Å². The van der Waals surface area contributed by atoms with Crippen molar-refractivity contribution in [3.05, 3.63) is 20.8 Å². The maximum Gasteiger partial charge on any atom is 0.332 e. The highest BCUT2D eigenvalue weighted by Crippen LogP contribution is 2.22. The molecule has 1 heterocycles. The summed E-state index contributed by atoms with van der Waals surface area (Å²) in [4.78, 5) is 22.8. The van der Waals surface area contributed by atoms with Gasteiger partial charge in [-0.2, -0.15) is 0 Å². The van der Waals surface area contributed by atoms with Crippen molar-refractivity contribution in [2.24, 2.45) is 14.1 Å². The zero-order chi connectivity index (χ0) is 13.7. The van der Waals surface area contributed by atoms with Crippen LogP contribution in [0.2, 0.25) is 0 Å². The summed E-state index contributed by atoms with van der Waals surface area (Å²) in [6, 6.07) is -0.142. The first kappa shape index (κ1) is 12.8. The molecule has 0 atom stereocenters. The Hall–Kier alpha value is -1.61. The van der Waals surface area contributed by atoms with Gasteiger partial charge in [-0.15, -0.1) is 0 Å². The normalized spacial score (nSPS) is 15.9. The zero-order valence-electron chi connectivity index (χ0n) is 10.0. The minimum absolute atomic E-state index is 0.142. The van der Waals surface area contributed by atoms with Gasteiger partial charge in [0.2, 0.25) is 10.0 Å². The van der Waals surface area contributed by atoms with Gasteiger partial charge in [0.1, 0.15) is 5.82 Å². The van der Waals surface area contributed by atoms with Crippen molar-refractivity contribution in [2.45, 2.75) is 23.8 Å². The smallest absolute Gasteiger partial charge is 0.332 e. The number of hydrogen-bond acceptors (Lipinski definition) is 5. The summed E-state index contributed by atoms with van der Waals surface area (Å²) in [5.41, 5.74) is 3.99. The number of nitrogens with zero attached hydrogens (tertiary/aromatic N) is 2. The number of sulfonamides is 1. The van der Waals surface area contributed by atoms with E-state index in [2.05, 4.69) is 4.72 Å². The quantitative estimate of drug-likeness (QED) is 0.668. The van der Waals surface area contributed by atoms with Crippen molar-refractivity contribution < 1.29 is 8.42 Å². The van der Waals surface area contributed by atoms with Gasteiger partial charge in [0.25, 0.3) is 5.56 Å². The van der Waals surface area contributed by atoms with E-state index in [0.717, 1.165) is 22.0 Å². The molecule has 0 bridgehead atoms. The van der Waals surface area contributed by atoms with E-state index in [1.165, 1.54) is 14.1 Å². The highest BCUT2D eigenvalue weighted by molar-refractivity contribution is 7.89. The van der Waals surface area contributed by atoms with E-state index in [4.69, 9.17) is 5.73 Å². The number of rotatable bonds is 3. The molecule has 3 N–H and O–H groups in total. The summed E-state index contributed by atoms with van der Waals surface area (Å²) in [6.45, 7) is 0. The molecule has 100 valence electrons. The standard InChI is InChI=1S/C9H14N4O4S/c1-12-7(10)6(8(14)13(2)9(12)15)18(16,17)11-5-3-4-5/h5,11H,3-4,10H2,1-2H3. The number of nitrogens with two attached hydrogens (primary N) is 1. The third kappa shape index (κ3) is 1.95. The summed E-state index contributed by atoms with van der Waals surface area (Å²) >= 11 is 0. The molecule has 1 aromatic rings. The zero-order valence-corrected chi connectivity index (χ0v) is 10.8. The van der Waals surface area contributed by atoms with Gasteiger partial charge in [-0.25, -0.2) is 17.9 Å². The summed E-state index contributed by atoms with van der Waals surface area (Å²) < 4.78 is 28.1. The Kier molecular flexibility index (Phi) is 2.82. The molecule has 8 nitrogen and oxygen atoms in total. The lowest BCUT2D eigenvalue weighted by Gasteiger charge is -2.12. The lowest BCUT2D eigenvalue weighted by molar-refractivity contribution is 0.572. The highest BCUT2D eigenvalue weighted by Gasteiger charge is 2.32. The van der Waals surface area contributed by atoms with E-state index in [1.54, 1.807) is 0 Å². The molecule has 0 spiro atoms. The average molecular weight is 274 g/mol. The van der Waals surface area contributed by atoms with Crippen molar-refractivity contribution in [1.82, 2.24) is 13.9 Å². The minimum atomic E-state index is -3.99. The molecule has 9 heteroatoms. The molecular weight excluding hydrogens is 260 g/mol.